The van der Waals surface area contributed by atoms with E-state index in [-0.39, 0.29) is 11.9 Å². The third-order valence-electron chi connectivity index (χ3n) is 3.30. The Morgan fingerprint density at radius 2 is 2.16 bits per heavy atom. The first-order valence-electron chi connectivity index (χ1n) is 6.28. The summed E-state index contributed by atoms with van der Waals surface area (Å²) >= 11 is 0. The monoisotopic (exact) mass is 257 g/mol. The molecule has 2 heterocycles. The van der Waals surface area contributed by atoms with Crippen molar-refractivity contribution in [1.29, 1.82) is 0 Å². The molecule has 19 heavy (non-hydrogen) atoms. The Bertz CT molecular complexity index is 592. The van der Waals surface area contributed by atoms with Crippen LogP contribution in [0, 0.1) is 0 Å². The van der Waals surface area contributed by atoms with E-state index >= 15 is 0 Å². The minimum atomic E-state index is 0.104. The first kappa shape index (κ1) is 11.8. The number of oxazole rings is 1. The van der Waals surface area contributed by atoms with Crippen LogP contribution in [0.15, 0.2) is 34.7 Å². The number of fused-ring (bicyclic) bond motifs is 1. The molecule has 5 nitrogen and oxygen atoms in total. The summed E-state index contributed by atoms with van der Waals surface area (Å²) in [7, 11) is 0. The maximum Gasteiger partial charge on any atom is 0.292 e. The molecule has 0 saturated carbocycles. The lowest BCUT2D eigenvalue weighted by molar-refractivity contribution is -0.131. The number of nitrogen functional groups attached to an aromatic ring is 1. The van der Waals surface area contributed by atoms with Gasteiger partial charge in [-0.05, 0) is 5.56 Å². The van der Waals surface area contributed by atoms with Crippen molar-refractivity contribution in [3.63, 3.8) is 0 Å². The Labute approximate surface area is 111 Å². The van der Waals surface area contributed by atoms with Crippen LogP contribution < -0.4 is 5.73 Å². The van der Waals surface area contributed by atoms with Gasteiger partial charge in [-0.1, -0.05) is 30.3 Å². The van der Waals surface area contributed by atoms with E-state index in [1.807, 2.05) is 30.3 Å². The molecule has 1 amide bonds. The van der Waals surface area contributed by atoms with Gasteiger partial charge in [-0.25, -0.2) is 0 Å². The molecular weight excluding hydrogens is 242 g/mol. The van der Waals surface area contributed by atoms with Crippen molar-refractivity contribution in [2.45, 2.75) is 19.4 Å². The van der Waals surface area contributed by atoms with E-state index in [1.165, 1.54) is 0 Å². The summed E-state index contributed by atoms with van der Waals surface area (Å²) in [6.07, 6.45) is 1.12. The highest BCUT2D eigenvalue weighted by Crippen LogP contribution is 2.21. The molecule has 5 heteroatoms. The molecule has 0 fully saturated rings. The number of hydrogen-bond acceptors (Lipinski definition) is 4. The summed E-state index contributed by atoms with van der Waals surface area (Å²) < 4.78 is 5.31. The lowest BCUT2D eigenvalue weighted by Crippen LogP contribution is -2.36. The molecule has 2 aromatic rings. The summed E-state index contributed by atoms with van der Waals surface area (Å²) in [5, 5.41) is 0. The predicted molar refractivity (Wildman–Crippen MR) is 70.2 cm³/mol. The van der Waals surface area contributed by atoms with Crippen molar-refractivity contribution >= 4 is 11.9 Å². The maximum atomic E-state index is 12.2. The Morgan fingerprint density at radius 3 is 2.95 bits per heavy atom. The fourth-order valence-corrected chi connectivity index (χ4v) is 2.31. The summed E-state index contributed by atoms with van der Waals surface area (Å²) in [6, 6.07) is 9.92. The van der Waals surface area contributed by atoms with Crippen LogP contribution in [0.3, 0.4) is 0 Å². The molecule has 3 rings (SSSR count). The highest BCUT2D eigenvalue weighted by Gasteiger charge is 2.24. The lowest BCUT2D eigenvalue weighted by Gasteiger charge is -2.25. The highest BCUT2D eigenvalue weighted by atomic mass is 16.4. The number of hydrogen-bond donors (Lipinski definition) is 1. The largest absolute Gasteiger partial charge is 0.427 e. The molecular formula is C14H15N3O2. The molecule has 1 aliphatic rings. The number of nitrogens with zero attached hydrogens (tertiary/aromatic N) is 2. The SMILES string of the molecule is Nc1nc2c(o1)CN(C(=O)Cc1ccccc1)CC2. The van der Waals surface area contributed by atoms with Crippen LogP contribution in [0.4, 0.5) is 6.01 Å². The number of carbonyl (C=O) groups excluding carboxylic acids is 1. The molecule has 1 aromatic heterocycles. The quantitative estimate of drug-likeness (QED) is 0.882. The van der Waals surface area contributed by atoms with Crippen molar-refractivity contribution in [3.8, 4) is 0 Å². The third kappa shape index (κ3) is 2.45. The van der Waals surface area contributed by atoms with E-state index in [9.17, 15) is 4.79 Å². The molecule has 0 atom stereocenters. The minimum absolute atomic E-state index is 0.104. The van der Waals surface area contributed by atoms with Gasteiger partial charge in [0, 0.05) is 13.0 Å². The number of benzene rings is 1. The van der Waals surface area contributed by atoms with Gasteiger partial charge in [0.05, 0.1) is 18.7 Å². The molecule has 0 spiro atoms. The second kappa shape index (κ2) is 4.76. The van der Waals surface area contributed by atoms with Crippen molar-refractivity contribution in [2.24, 2.45) is 0 Å². The fraction of sp³-hybridized carbons (Fsp3) is 0.286. The van der Waals surface area contributed by atoms with Gasteiger partial charge in [-0.3, -0.25) is 4.79 Å². The smallest absolute Gasteiger partial charge is 0.292 e. The van der Waals surface area contributed by atoms with Crippen LogP contribution >= 0.6 is 0 Å². The first-order chi connectivity index (χ1) is 9.22. The molecule has 0 saturated heterocycles. The molecule has 0 unspecified atom stereocenters. The Kier molecular flexibility index (Phi) is 2.95. The van der Waals surface area contributed by atoms with Gasteiger partial charge in [-0.15, -0.1) is 0 Å². The number of amides is 1. The Hall–Kier alpha value is -2.30. The lowest BCUT2D eigenvalue weighted by atomic mass is 10.1. The van der Waals surface area contributed by atoms with E-state index in [4.69, 9.17) is 10.2 Å². The molecule has 0 radical (unpaired) electrons. The standard InChI is InChI=1S/C14H15N3O2/c15-14-16-11-6-7-17(9-12(11)19-14)13(18)8-10-4-2-1-3-5-10/h1-5H,6-9H2,(H2,15,16). The third-order valence-corrected chi connectivity index (χ3v) is 3.30. The number of nitrogens with two attached hydrogens (primary N) is 1. The van der Waals surface area contributed by atoms with Gasteiger partial charge in [0.1, 0.15) is 5.76 Å². The van der Waals surface area contributed by atoms with Crippen LogP contribution in [0.25, 0.3) is 0 Å². The van der Waals surface area contributed by atoms with Crippen LogP contribution in [-0.2, 0) is 24.2 Å². The second-order valence-electron chi connectivity index (χ2n) is 4.65. The topological polar surface area (TPSA) is 72.4 Å². The average Bonchev–Trinajstić information content (AvgIpc) is 2.78. The van der Waals surface area contributed by atoms with Gasteiger partial charge in [0.15, 0.2) is 0 Å². The zero-order chi connectivity index (χ0) is 13.2. The average molecular weight is 257 g/mol. The van der Waals surface area contributed by atoms with Crippen LogP contribution in [0.1, 0.15) is 17.0 Å². The predicted octanol–water partition coefficient (Wildman–Crippen LogP) is 1.38. The van der Waals surface area contributed by atoms with E-state index in [1.54, 1.807) is 4.90 Å². The van der Waals surface area contributed by atoms with E-state index in [0.29, 0.717) is 31.7 Å². The van der Waals surface area contributed by atoms with Crippen molar-refractivity contribution in [1.82, 2.24) is 9.88 Å². The van der Waals surface area contributed by atoms with Crippen LogP contribution in [0.5, 0.6) is 0 Å². The van der Waals surface area contributed by atoms with Gasteiger partial charge in [0.25, 0.3) is 6.01 Å². The minimum Gasteiger partial charge on any atom is -0.427 e. The van der Waals surface area contributed by atoms with E-state index in [2.05, 4.69) is 4.98 Å². The molecule has 1 aliphatic heterocycles. The number of rotatable bonds is 2. The molecule has 0 aliphatic carbocycles. The number of aromatic nitrogens is 1. The Balaban J connectivity index is 1.69. The van der Waals surface area contributed by atoms with Gasteiger partial charge < -0.3 is 15.1 Å². The fourth-order valence-electron chi connectivity index (χ4n) is 2.31. The summed E-state index contributed by atoms with van der Waals surface area (Å²) in [5.74, 6) is 0.817. The Morgan fingerprint density at radius 1 is 1.37 bits per heavy atom. The van der Waals surface area contributed by atoms with Crippen LogP contribution in [-0.4, -0.2) is 22.3 Å². The molecule has 98 valence electrons. The summed E-state index contributed by atoms with van der Waals surface area (Å²) in [5.41, 5.74) is 7.42. The normalized spacial score (nSPS) is 14.2. The van der Waals surface area contributed by atoms with Gasteiger partial charge >= 0.3 is 0 Å². The van der Waals surface area contributed by atoms with E-state index < -0.39 is 0 Å². The zero-order valence-electron chi connectivity index (χ0n) is 10.5. The second-order valence-corrected chi connectivity index (χ2v) is 4.65. The molecule has 1 aromatic carbocycles. The van der Waals surface area contributed by atoms with Crippen molar-refractivity contribution < 1.29 is 9.21 Å². The summed E-state index contributed by atoms with van der Waals surface area (Å²) in [4.78, 5) is 18.1. The summed E-state index contributed by atoms with van der Waals surface area (Å²) in [6.45, 7) is 1.13. The first-order valence-corrected chi connectivity index (χ1v) is 6.28. The van der Waals surface area contributed by atoms with E-state index in [0.717, 1.165) is 11.3 Å². The molecule has 2 N–H and O–H groups in total. The van der Waals surface area contributed by atoms with Gasteiger partial charge in [-0.2, -0.15) is 4.98 Å². The maximum absolute atomic E-state index is 12.2. The van der Waals surface area contributed by atoms with Crippen LogP contribution in [0.2, 0.25) is 0 Å². The zero-order valence-corrected chi connectivity index (χ0v) is 10.5. The van der Waals surface area contributed by atoms with Crippen molar-refractivity contribution in [2.75, 3.05) is 12.3 Å². The number of anilines is 1. The van der Waals surface area contributed by atoms with Crippen molar-refractivity contribution in [3.05, 3.63) is 47.3 Å². The van der Waals surface area contributed by atoms with Gasteiger partial charge in [0.2, 0.25) is 5.91 Å². The highest BCUT2D eigenvalue weighted by molar-refractivity contribution is 5.79. The molecule has 0 bridgehead atoms. The number of carbonyl (C=O) groups is 1.